The quantitative estimate of drug-likeness (QED) is 0.744. The molecule has 25 heavy (non-hydrogen) atoms. The number of aromatic nitrogens is 4. The highest BCUT2D eigenvalue weighted by atomic mass is 32.2. The van der Waals surface area contributed by atoms with Crippen LogP contribution < -0.4 is 0 Å². The Balaban J connectivity index is 1.49. The molecule has 0 aromatic carbocycles. The molecule has 0 spiro atoms. The molecular formula is C16H20N6O2S. The largest absolute Gasteiger partial charge is 0.345 e. The first-order valence-corrected chi connectivity index (χ1v) is 9.59. The van der Waals surface area contributed by atoms with Crippen molar-refractivity contribution in [3.05, 3.63) is 42.7 Å². The van der Waals surface area contributed by atoms with Gasteiger partial charge in [0, 0.05) is 63.7 Å². The van der Waals surface area contributed by atoms with Gasteiger partial charge in [-0.05, 0) is 12.1 Å². The van der Waals surface area contributed by atoms with E-state index in [2.05, 4.69) is 19.9 Å². The van der Waals surface area contributed by atoms with E-state index in [1.54, 1.807) is 29.0 Å². The van der Waals surface area contributed by atoms with Crippen LogP contribution in [0.4, 0.5) is 0 Å². The number of piperazine rings is 1. The highest BCUT2D eigenvalue weighted by Gasteiger charge is 2.30. The molecule has 0 unspecified atom stereocenters. The lowest BCUT2D eigenvalue weighted by molar-refractivity contribution is 0.178. The van der Waals surface area contributed by atoms with Crippen LogP contribution in [0.25, 0.3) is 11.0 Å². The number of imidazole rings is 1. The molecule has 0 atom stereocenters. The van der Waals surface area contributed by atoms with Crippen LogP contribution in [0.3, 0.4) is 0 Å². The lowest BCUT2D eigenvalue weighted by Crippen LogP contribution is -2.48. The van der Waals surface area contributed by atoms with Gasteiger partial charge in [-0.2, -0.15) is 4.31 Å². The van der Waals surface area contributed by atoms with Crippen molar-refractivity contribution in [1.29, 1.82) is 0 Å². The van der Waals surface area contributed by atoms with E-state index in [9.17, 15) is 8.42 Å². The molecular weight excluding hydrogens is 340 g/mol. The van der Waals surface area contributed by atoms with Crippen LogP contribution in [0.5, 0.6) is 0 Å². The Kier molecular flexibility index (Phi) is 4.06. The number of hydrogen-bond donors (Lipinski definition) is 1. The number of sulfonamides is 1. The van der Waals surface area contributed by atoms with Gasteiger partial charge in [-0.3, -0.25) is 4.90 Å². The molecule has 1 N–H and O–H groups in total. The third kappa shape index (κ3) is 2.94. The molecule has 1 saturated heterocycles. The molecule has 0 aliphatic carbocycles. The maximum atomic E-state index is 13.0. The first kappa shape index (κ1) is 16.2. The number of H-pyrrole nitrogens is 1. The smallest absolute Gasteiger partial charge is 0.245 e. The molecule has 3 aromatic rings. The predicted molar refractivity (Wildman–Crippen MR) is 93.3 cm³/mol. The van der Waals surface area contributed by atoms with E-state index in [1.165, 1.54) is 6.20 Å². The van der Waals surface area contributed by atoms with E-state index < -0.39 is 10.0 Å². The molecule has 4 heterocycles. The zero-order valence-electron chi connectivity index (χ0n) is 14.0. The summed E-state index contributed by atoms with van der Waals surface area (Å²) in [6, 6.07) is 3.53. The van der Waals surface area contributed by atoms with Gasteiger partial charge in [0.2, 0.25) is 10.0 Å². The van der Waals surface area contributed by atoms with Gasteiger partial charge in [0.25, 0.3) is 0 Å². The zero-order valence-corrected chi connectivity index (χ0v) is 14.8. The number of fused-ring (bicyclic) bond motifs is 1. The minimum atomic E-state index is -3.52. The second kappa shape index (κ2) is 6.25. The normalized spacial score (nSPS) is 17.3. The third-order valence-electron chi connectivity index (χ3n) is 4.66. The fourth-order valence-corrected chi connectivity index (χ4v) is 4.75. The molecule has 9 heteroatoms. The molecule has 1 aliphatic heterocycles. The summed E-state index contributed by atoms with van der Waals surface area (Å²) in [5.41, 5.74) is 1.72. The van der Waals surface area contributed by atoms with Crippen LogP contribution in [0, 0.1) is 0 Å². The van der Waals surface area contributed by atoms with Crippen molar-refractivity contribution in [2.45, 2.75) is 11.4 Å². The Hall–Kier alpha value is -2.23. The summed E-state index contributed by atoms with van der Waals surface area (Å²) in [5, 5.41) is 0.639. The van der Waals surface area contributed by atoms with Crippen molar-refractivity contribution in [2.75, 3.05) is 26.2 Å². The monoisotopic (exact) mass is 360 g/mol. The van der Waals surface area contributed by atoms with Gasteiger partial charge in [0.15, 0.2) is 0 Å². The van der Waals surface area contributed by atoms with Gasteiger partial charge in [0.05, 0.1) is 12.0 Å². The standard InChI is InChI=1S/C16H20N6O2S/c1-20-12-17-9-13(20)11-21-5-7-22(8-6-21)25(23,24)15-10-19-16-14(15)3-2-4-18-16/h2-4,9-10,12H,5-8,11H2,1H3,(H,18,19). The summed E-state index contributed by atoms with van der Waals surface area (Å²) >= 11 is 0. The highest BCUT2D eigenvalue weighted by molar-refractivity contribution is 7.89. The summed E-state index contributed by atoms with van der Waals surface area (Å²) in [5.74, 6) is 0. The van der Waals surface area contributed by atoms with Crippen molar-refractivity contribution in [1.82, 2.24) is 28.7 Å². The Labute approximate surface area is 146 Å². The molecule has 0 radical (unpaired) electrons. The number of hydrogen-bond acceptors (Lipinski definition) is 5. The second-order valence-electron chi connectivity index (χ2n) is 6.23. The maximum absolute atomic E-state index is 13.0. The van der Waals surface area contributed by atoms with Crippen molar-refractivity contribution < 1.29 is 8.42 Å². The molecule has 0 amide bonds. The Morgan fingerprint density at radius 2 is 2.04 bits per heavy atom. The summed E-state index contributed by atoms with van der Waals surface area (Å²) in [7, 11) is -1.55. The molecule has 4 rings (SSSR count). The average molecular weight is 360 g/mol. The minimum absolute atomic E-state index is 0.302. The predicted octanol–water partition coefficient (Wildman–Crippen LogP) is 0.803. The average Bonchev–Trinajstić information content (AvgIpc) is 3.22. The van der Waals surface area contributed by atoms with Crippen LogP contribution in [-0.4, -0.2) is 63.3 Å². The van der Waals surface area contributed by atoms with Crippen molar-refractivity contribution in [2.24, 2.45) is 7.05 Å². The Morgan fingerprint density at radius 1 is 1.24 bits per heavy atom. The van der Waals surface area contributed by atoms with Crippen molar-refractivity contribution in [3.8, 4) is 0 Å². The number of nitrogens with zero attached hydrogens (tertiary/aromatic N) is 5. The van der Waals surface area contributed by atoms with Gasteiger partial charge >= 0.3 is 0 Å². The molecule has 0 bridgehead atoms. The lowest BCUT2D eigenvalue weighted by atomic mass is 10.3. The molecule has 0 saturated carbocycles. The maximum Gasteiger partial charge on any atom is 0.245 e. The van der Waals surface area contributed by atoms with Crippen LogP contribution in [0.1, 0.15) is 5.69 Å². The van der Waals surface area contributed by atoms with Gasteiger partial charge in [0.1, 0.15) is 10.5 Å². The van der Waals surface area contributed by atoms with E-state index in [-0.39, 0.29) is 0 Å². The highest BCUT2D eigenvalue weighted by Crippen LogP contribution is 2.25. The number of nitrogens with one attached hydrogen (secondary N) is 1. The fraction of sp³-hybridized carbons (Fsp3) is 0.375. The van der Waals surface area contributed by atoms with Gasteiger partial charge < -0.3 is 9.55 Å². The van der Waals surface area contributed by atoms with Crippen LogP contribution >= 0.6 is 0 Å². The molecule has 1 aliphatic rings. The van der Waals surface area contributed by atoms with Crippen LogP contribution in [-0.2, 0) is 23.6 Å². The van der Waals surface area contributed by atoms with Gasteiger partial charge in [-0.25, -0.2) is 18.4 Å². The van der Waals surface area contributed by atoms with E-state index in [4.69, 9.17) is 0 Å². The topological polar surface area (TPSA) is 87.1 Å². The summed E-state index contributed by atoms with van der Waals surface area (Å²) in [4.78, 5) is 13.8. The SMILES string of the molecule is Cn1cncc1CN1CCN(S(=O)(=O)c2c[nH]c3ncccc23)CC1. The fourth-order valence-electron chi connectivity index (χ4n) is 3.18. The van der Waals surface area contributed by atoms with Gasteiger partial charge in [-0.1, -0.05) is 0 Å². The van der Waals surface area contributed by atoms with Crippen LogP contribution in [0.2, 0.25) is 0 Å². The first-order valence-electron chi connectivity index (χ1n) is 8.15. The number of aryl methyl sites for hydroxylation is 1. The molecule has 132 valence electrons. The number of rotatable bonds is 4. The van der Waals surface area contributed by atoms with E-state index in [1.807, 2.05) is 17.8 Å². The van der Waals surface area contributed by atoms with Crippen LogP contribution in [0.15, 0.2) is 41.9 Å². The molecule has 8 nitrogen and oxygen atoms in total. The Bertz CT molecular complexity index is 985. The number of pyridine rings is 1. The lowest BCUT2D eigenvalue weighted by Gasteiger charge is -2.33. The molecule has 3 aromatic heterocycles. The summed E-state index contributed by atoms with van der Waals surface area (Å²) in [6.45, 7) is 3.14. The summed E-state index contributed by atoms with van der Waals surface area (Å²) < 4.78 is 29.5. The van der Waals surface area contributed by atoms with Crippen molar-refractivity contribution in [3.63, 3.8) is 0 Å². The van der Waals surface area contributed by atoms with Crippen molar-refractivity contribution >= 4 is 21.1 Å². The van der Waals surface area contributed by atoms with E-state index in [0.717, 1.165) is 12.2 Å². The summed E-state index contributed by atoms with van der Waals surface area (Å²) in [6.07, 6.45) is 6.81. The van der Waals surface area contributed by atoms with E-state index >= 15 is 0 Å². The van der Waals surface area contributed by atoms with Gasteiger partial charge in [-0.15, -0.1) is 0 Å². The second-order valence-corrected chi connectivity index (χ2v) is 8.13. The third-order valence-corrected chi connectivity index (χ3v) is 6.60. The Morgan fingerprint density at radius 3 is 2.76 bits per heavy atom. The number of aromatic amines is 1. The zero-order chi connectivity index (χ0) is 17.4. The first-order chi connectivity index (χ1) is 12.1. The molecule has 1 fully saturated rings. The minimum Gasteiger partial charge on any atom is -0.345 e. The van der Waals surface area contributed by atoms with E-state index in [0.29, 0.717) is 42.1 Å².